The fourth-order valence-corrected chi connectivity index (χ4v) is 1.74. The SMILES string of the molecule is CCCNC(C(=O)O)c1cccc(Br)c1. The Morgan fingerprint density at radius 3 is 2.87 bits per heavy atom. The number of halogens is 1. The van der Waals surface area contributed by atoms with Crippen LogP contribution < -0.4 is 5.32 Å². The number of hydrogen-bond acceptors (Lipinski definition) is 2. The maximum absolute atomic E-state index is 11.0. The van der Waals surface area contributed by atoms with Crippen LogP contribution in [-0.2, 0) is 4.79 Å². The van der Waals surface area contributed by atoms with Crippen LogP contribution in [0, 0.1) is 0 Å². The molecule has 1 aromatic rings. The lowest BCUT2D eigenvalue weighted by molar-refractivity contribution is -0.139. The van der Waals surface area contributed by atoms with Crippen molar-refractivity contribution in [3.63, 3.8) is 0 Å². The van der Waals surface area contributed by atoms with E-state index in [4.69, 9.17) is 5.11 Å². The second kappa shape index (κ2) is 5.88. The van der Waals surface area contributed by atoms with Gasteiger partial charge in [-0.3, -0.25) is 4.79 Å². The van der Waals surface area contributed by atoms with Crippen LogP contribution in [0.1, 0.15) is 24.9 Å². The topological polar surface area (TPSA) is 49.3 Å². The Balaban J connectivity index is 2.84. The molecule has 2 N–H and O–H groups in total. The molecule has 0 saturated heterocycles. The minimum atomic E-state index is -0.846. The minimum absolute atomic E-state index is 0.623. The number of carboxylic acid groups (broad SMARTS) is 1. The van der Waals surface area contributed by atoms with Crippen molar-refractivity contribution in [3.8, 4) is 0 Å². The van der Waals surface area contributed by atoms with Gasteiger partial charge in [0.05, 0.1) is 0 Å². The lowest BCUT2D eigenvalue weighted by Gasteiger charge is -2.14. The highest BCUT2D eigenvalue weighted by atomic mass is 79.9. The van der Waals surface area contributed by atoms with Gasteiger partial charge in [-0.1, -0.05) is 35.0 Å². The van der Waals surface area contributed by atoms with Gasteiger partial charge in [-0.2, -0.15) is 0 Å². The summed E-state index contributed by atoms with van der Waals surface area (Å²) in [5.41, 5.74) is 0.769. The van der Waals surface area contributed by atoms with Gasteiger partial charge in [0, 0.05) is 4.47 Å². The number of nitrogens with one attached hydrogen (secondary N) is 1. The molecule has 1 aromatic carbocycles. The van der Waals surface area contributed by atoms with Gasteiger partial charge in [-0.15, -0.1) is 0 Å². The first kappa shape index (κ1) is 12.2. The van der Waals surface area contributed by atoms with Gasteiger partial charge in [-0.05, 0) is 30.7 Å². The summed E-state index contributed by atoms with van der Waals surface area (Å²) in [5.74, 6) is -0.846. The zero-order chi connectivity index (χ0) is 11.3. The summed E-state index contributed by atoms with van der Waals surface area (Å²) in [5, 5.41) is 12.1. The van der Waals surface area contributed by atoms with Gasteiger partial charge in [0.25, 0.3) is 0 Å². The summed E-state index contributed by atoms with van der Waals surface area (Å²) in [7, 11) is 0. The van der Waals surface area contributed by atoms with Crippen LogP contribution in [0.4, 0.5) is 0 Å². The van der Waals surface area contributed by atoms with Crippen LogP contribution in [0.5, 0.6) is 0 Å². The number of carboxylic acids is 1. The predicted molar refractivity (Wildman–Crippen MR) is 62.8 cm³/mol. The summed E-state index contributed by atoms with van der Waals surface area (Å²) < 4.78 is 0.893. The lowest BCUT2D eigenvalue weighted by Crippen LogP contribution is -2.28. The van der Waals surface area contributed by atoms with Crippen molar-refractivity contribution in [2.75, 3.05) is 6.54 Å². The summed E-state index contributed by atoms with van der Waals surface area (Å²) in [6.07, 6.45) is 0.914. The predicted octanol–water partition coefficient (Wildman–Crippen LogP) is 2.57. The largest absolute Gasteiger partial charge is 0.480 e. The molecule has 3 nitrogen and oxygen atoms in total. The summed E-state index contributed by atoms with van der Waals surface area (Å²) in [6, 6.07) is 6.72. The Labute approximate surface area is 97.6 Å². The highest BCUT2D eigenvalue weighted by Crippen LogP contribution is 2.18. The van der Waals surface area contributed by atoms with Crippen molar-refractivity contribution in [3.05, 3.63) is 34.3 Å². The first-order valence-corrected chi connectivity index (χ1v) is 5.66. The van der Waals surface area contributed by atoms with Crippen molar-refractivity contribution in [1.29, 1.82) is 0 Å². The molecule has 0 aromatic heterocycles. The van der Waals surface area contributed by atoms with E-state index in [1.54, 1.807) is 0 Å². The Hall–Kier alpha value is -0.870. The molecule has 0 heterocycles. The second-order valence-electron chi connectivity index (χ2n) is 3.28. The molecule has 1 rings (SSSR count). The molecule has 0 spiro atoms. The van der Waals surface area contributed by atoms with Crippen LogP contribution >= 0.6 is 15.9 Å². The highest BCUT2D eigenvalue weighted by Gasteiger charge is 2.18. The van der Waals surface area contributed by atoms with E-state index >= 15 is 0 Å². The fourth-order valence-electron chi connectivity index (χ4n) is 1.32. The van der Waals surface area contributed by atoms with Crippen LogP contribution in [-0.4, -0.2) is 17.6 Å². The van der Waals surface area contributed by atoms with E-state index in [-0.39, 0.29) is 0 Å². The molecule has 0 amide bonds. The van der Waals surface area contributed by atoms with Crippen LogP contribution in [0.15, 0.2) is 28.7 Å². The van der Waals surface area contributed by atoms with E-state index in [0.29, 0.717) is 6.54 Å². The second-order valence-corrected chi connectivity index (χ2v) is 4.20. The Kier molecular flexibility index (Phi) is 4.78. The highest BCUT2D eigenvalue weighted by molar-refractivity contribution is 9.10. The average Bonchev–Trinajstić information content (AvgIpc) is 2.18. The zero-order valence-electron chi connectivity index (χ0n) is 8.53. The molecule has 0 radical (unpaired) electrons. The number of aliphatic carboxylic acids is 1. The van der Waals surface area contributed by atoms with Gasteiger partial charge in [0.1, 0.15) is 6.04 Å². The molecule has 0 fully saturated rings. The molecule has 0 bridgehead atoms. The number of rotatable bonds is 5. The van der Waals surface area contributed by atoms with Gasteiger partial charge >= 0.3 is 5.97 Å². The summed E-state index contributed by atoms with van der Waals surface area (Å²) in [6.45, 7) is 2.70. The first-order chi connectivity index (χ1) is 7.15. The molecule has 15 heavy (non-hydrogen) atoms. The van der Waals surface area contributed by atoms with Crippen molar-refractivity contribution in [2.24, 2.45) is 0 Å². The maximum atomic E-state index is 11.0. The third-order valence-corrected chi connectivity index (χ3v) is 2.52. The first-order valence-electron chi connectivity index (χ1n) is 4.86. The molecule has 4 heteroatoms. The quantitative estimate of drug-likeness (QED) is 0.866. The smallest absolute Gasteiger partial charge is 0.325 e. The number of carbonyl (C=O) groups is 1. The van der Waals surface area contributed by atoms with Crippen LogP contribution in [0.3, 0.4) is 0 Å². The minimum Gasteiger partial charge on any atom is -0.480 e. The van der Waals surface area contributed by atoms with Crippen molar-refractivity contribution in [1.82, 2.24) is 5.32 Å². The van der Waals surface area contributed by atoms with Crippen molar-refractivity contribution in [2.45, 2.75) is 19.4 Å². The zero-order valence-corrected chi connectivity index (χ0v) is 10.1. The van der Waals surface area contributed by atoms with E-state index in [2.05, 4.69) is 21.2 Å². The summed E-state index contributed by atoms with van der Waals surface area (Å²) in [4.78, 5) is 11.0. The van der Waals surface area contributed by atoms with Crippen LogP contribution in [0.2, 0.25) is 0 Å². The maximum Gasteiger partial charge on any atom is 0.325 e. The Morgan fingerprint density at radius 1 is 1.60 bits per heavy atom. The van der Waals surface area contributed by atoms with E-state index in [9.17, 15) is 4.79 Å². The molecule has 1 unspecified atom stereocenters. The third kappa shape index (κ3) is 3.64. The number of hydrogen-bond donors (Lipinski definition) is 2. The fraction of sp³-hybridized carbons (Fsp3) is 0.364. The average molecular weight is 272 g/mol. The molecule has 0 aliphatic heterocycles. The lowest BCUT2D eigenvalue weighted by atomic mass is 10.1. The van der Waals surface area contributed by atoms with Crippen molar-refractivity contribution < 1.29 is 9.90 Å². The third-order valence-electron chi connectivity index (χ3n) is 2.03. The van der Waals surface area contributed by atoms with E-state index in [1.165, 1.54) is 0 Å². The van der Waals surface area contributed by atoms with E-state index in [0.717, 1.165) is 16.5 Å². The summed E-state index contributed by atoms with van der Waals surface area (Å²) >= 11 is 3.33. The van der Waals surface area contributed by atoms with Gasteiger partial charge < -0.3 is 10.4 Å². The Bertz CT molecular complexity index is 341. The molecular weight excluding hydrogens is 258 g/mol. The molecule has 1 atom stereocenters. The number of benzene rings is 1. The standard InChI is InChI=1S/C11H14BrNO2/c1-2-6-13-10(11(14)15)8-4-3-5-9(12)7-8/h3-5,7,10,13H,2,6H2,1H3,(H,14,15). The van der Waals surface area contributed by atoms with Gasteiger partial charge in [0.2, 0.25) is 0 Å². The molecule has 0 aliphatic carbocycles. The monoisotopic (exact) mass is 271 g/mol. The molecule has 0 saturated carbocycles. The van der Waals surface area contributed by atoms with E-state index < -0.39 is 12.0 Å². The Morgan fingerprint density at radius 2 is 2.33 bits per heavy atom. The molecule has 0 aliphatic rings. The van der Waals surface area contributed by atoms with Crippen molar-refractivity contribution >= 4 is 21.9 Å². The van der Waals surface area contributed by atoms with E-state index in [1.807, 2.05) is 31.2 Å². The molecule has 82 valence electrons. The normalized spacial score (nSPS) is 12.4. The van der Waals surface area contributed by atoms with Gasteiger partial charge in [-0.25, -0.2) is 0 Å². The molecular formula is C11H14BrNO2. The van der Waals surface area contributed by atoms with Gasteiger partial charge in [0.15, 0.2) is 0 Å². The van der Waals surface area contributed by atoms with Crippen LogP contribution in [0.25, 0.3) is 0 Å².